The van der Waals surface area contributed by atoms with E-state index in [1.165, 1.54) is 10.7 Å². The van der Waals surface area contributed by atoms with E-state index in [-0.39, 0.29) is 24.4 Å². The van der Waals surface area contributed by atoms with Crippen molar-refractivity contribution in [3.05, 3.63) is 70.9 Å². The number of furan rings is 1. The summed E-state index contributed by atoms with van der Waals surface area (Å²) in [5.74, 6) is 1.20. The van der Waals surface area contributed by atoms with Gasteiger partial charge in [0.15, 0.2) is 0 Å². The van der Waals surface area contributed by atoms with Gasteiger partial charge in [0, 0.05) is 18.1 Å². The fraction of sp³-hybridized carbons (Fsp3) is 0.211. The van der Waals surface area contributed by atoms with Gasteiger partial charge in [0.25, 0.3) is 5.56 Å². The Bertz CT molecular complexity index is 932. The van der Waals surface area contributed by atoms with Crippen molar-refractivity contribution in [3.63, 3.8) is 0 Å². The molecule has 1 N–H and O–H groups in total. The van der Waals surface area contributed by atoms with Gasteiger partial charge in [0.05, 0.1) is 32.2 Å². The van der Waals surface area contributed by atoms with Crippen LogP contribution in [-0.4, -0.2) is 22.8 Å². The molecule has 1 aromatic carbocycles. The first-order valence-corrected chi connectivity index (χ1v) is 8.17. The molecule has 7 nitrogen and oxygen atoms in total. The highest BCUT2D eigenvalue weighted by Crippen LogP contribution is 2.21. The molecule has 0 aliphatic carbocycles. The van der Waals surface area contributed by atoms with Gasteiger partial charge in [-0.25, -0.2) is 4.68 Å². The number of nitrogens with zero attached hydrogens (tertiary/aromatic N) is 2. The number of hydrogen-bond acceptors (Lipinski definition) is 5. The third kappa shape index (κ3) is 4.38. The average molecular weight is 353 g/mol. The SMILES string of the molecule is COc1cccc(-c2ccc(=O)n(CCC(=O)NCc3ccco3)n2)c1. The van der Waals surface area contributed by atoms with E-state index >= 15 is 0 Å². The van der Waals surface area contributed by atoms with Crippen molar-refractivity contribution < 1.29 is 13.9 Å². The summed E-state index contributed by atoms with van der Waals surface area (Å²) in [6.45, 7) is 0.513. The highest BCUT2D eigenvalue weighted by atomic mass is 16.5. The molecular formula is C19H19N3O4. The standard InChI is InChI=1S/C19H19N3O4/c1-25-15-5-2-4-14(12-15)17-7-8-19(24)22(21-17)10-9-18(23)20-13-16-6-3-11-26-16/h2-8,11-12H,9-10,13H2,1H3,(H,20,23). The van der Waals surface area contributed by atoms with E-state index in [0.29, 0.717) is 23.7 Å². The van der Waals surface area contributed by atoms with Crippen LogP contribution in [-0.2, 0) is 17.9 Å². The van der Waals surface area contributed by atoms with Crippen LogP contribution in [0, 0.1) is 0 Å². The van der Waals surface area contributed by atoms with E-state index in [2.05, 4.69) is 10.4 Å². The van der Waals surface area contributed by atoms with E-state index in [1.54, 1.807) is 31.6 Å². The van der Waals surface area contributed by atoms with Crippen molar-refractivity contribution in [1.29, 1.82) is 0 Å². The lowest BCUT2D eigenvalue weighted by Gasteiger charge is -2.08. The summed E-state index contributed by atoms with van der Waals surface area (Å²) in [6, 6.07) is 14.1. The van der Waals surface area contributed by atoms with E-state index < -0.39 is 0 Å². The van der Waals surface area contributed by atoms with E-state index in [1.807, 2.05) is 24.3 Å². The third-order valence-corrected chi connectivity index (χ3v) is 3.82. The molecule has 2 heterocycles. The van der Waals surface area contributed by atoms with Crippen molar-refractivity contribution >= 4 is 5.91 Å². The molecule has 0 radical (unpaired) electrons. The second-order valence-electron chi connectivity index (χ2n) is 5.62. The number of aromatic nitrogens is 2. The lowest BCUT2D eigenvalue weighted by Crippen LogP contribution is -2.28. The molecule has 7 heteroatoms. The predicted molar refractivity (Wildman–Crippen MR) is 95.7 cm³/mol. The minimum absolute atomic E-state index is 0.148. The first-order chi connectivity index (χ1) is 12.7. The van der Waals surface area contributed by atoms with E-state index in [0.717, 1.165) is 5.56 Å². The summed E-state index contributed by atoms with van der Waals surface area (Å²) >= 11 is 0. The molecule has 0 atom stereocenters. The second kappa shape index (κ2) is 8.15. The molecule has 3 aromatic rings. The Hall–Kier alpha value is -3.35. The molecule has 1 amide bonds. The maximum Gasteiger partial charge on any atom is 0.266 e. The Labute approximate surface area is 150 Å². The Morgan fingerprint density at radius 3 is 2.88 bits per heavy atom. The zero-order valence-electron chi connectivity index (χ0n) is 14.3. The molecular weight excluding hydrogens is 334 g/mol. The smallest absolute Gasteiger partial charge is 0.266 e. The number of amides is 1. The zero-order valence-corrected chi connectivity index (χ0v) is 14.3. The topological polar surface area (TPSA) is 86.4 Å². The van der Waals surface area contributed by atoms with Gasteiger partial charge in [0.1, 0.15) is 11.5 Å². The van der Waals surface area contributed by atoms with Crippen LogP contribution in [0.2, 0.25) is 0 Å². The van der Waals surface area contributed by atoms with Crippen LogP contribution in [0.4, 0.5) is 0 Å². The molecule has 0 saturated heterocycles. The van der Waals surface area contributed by atoms with Crippen molar-refractivity contribution in [1.82, 2.24) is 15.1 Å². The number of rotatable bonds is 7. The second-order valence-corrected chi connectivity index (χ2v) is 5.62. The van der Waals surface area contributed by atoms with Gasteiger partial charge >= 0.3 is 0 Å². The maximum atomic E-state index is 12.0. The lowest BCUT2D eigenvalue weighted by atomic mass is 10.1. The highest BCUT2D eigenvalue weighted by Gasteiger charge is 2.08. The van der Waals surface area contributed by atoms with E-state index in [4.69, 9.17) is 9.15 Å². The molecule has 3 rings (SSSR count). The van der Waals surface area contributed by atoms with Crippen molar-refractivity contribution in [3.8, 4) is 17.0 Å². The van der Waals surface area contributed by atoms with Gasteiger partial charge in [-0.15, -0.1) is 0 Å². The Morgan fingerprint density at radius 1 is 1.23 bits per heavy atom. The van der Waals surface area contributed by atoms with Crippen LogP contribution in [0.1, 0.15) is 12.2 Å². The zero-order chi connectivity index (χ0) is 18.4. The van der Waals surface area contributed by atoms with Crippen molar-refractivity contribution in [2.75, 3.05) is 7.11 Å². The van der Waals surface area contributed by atoms with Crippen LogP contribution in [0.3, 0.4) is 0 Å². The molecule has 0 fully saturated rings. The van der Waals surface area contributed by atoms with Crippen LogP contribution in [0.15, 0.2) is 64.0 Å². The number of hydrogen-bond donors (Lipinski definition) is 1. The first-order valence-electron chi connectivity index (χ1n) is 8.17. The molecule has 0 saturated carbocycles. The normalized spacial score (nSPS) is 10.5. The van der Waals surface area contributed by atoms with Crippen molar-refractivity contribution in [2.24, 2.45) is 0 Å². The van der Waals surface area contributed by atoms with E-state index in [9.17, 15) is 9.59 Å². The predicted octanol–water partition coefficient (Wildman–Crippen LogP) is 2.22. The Kier molecular flexibility index (Phi) is 5.48. The fourth-order valence-electron chi connectivity index (χ4n) is 2.44. The summed E-state index contributed by atoms with van der Waals surface area (Å²) in [7, 11) is 1.59. The number of aryl methyl sites for hydroxylation is 1. The van der Waals surface area contributed by atoms with Crippen molar-refractivity contribution in [2.45, 2.75) is 19.5 Å². The Balaban J connectivity index is 1.66. The molecule has 0 aliphatic heterocycles. The molecule has 134 valence electrons. The van der Waals surface area contributed by atoms with Gasteiger partial charge in [-0.2, -0.15) is 5.10 Å². The highest BCUT2D eigenvalue weighted by molar-refractivity contribution is 5.75. The molecule has 26 heavy (non-hydrogen) atoms. The minimum atomic E-state index is -0.254. The van der Waals surface area contributed by atoms with Crippen LogP contribution in [0.5, 0.6) is 5.75 Å². The van der Waals surface area contributed by atoms with Gasteiger partial charge < -0.3 is 14.5 Å². The number of carbonyl (C=O) groups is 1. The number of benzene rings is 1. The Morgan fingerprint density at radius 2 is 2.12 bits per heavy atom. The quantitative estimate of drug-likeness (QED) is 0.704. The number of nitrogens with one attached hydrogen (secondary N) is 1. The van der Waals surface area contributed by atoms with Gasteiger partial charge in [-0.1, -0.05) is 12.1 Å². The molecule has 0 bridgehead atoms. The number of methoxy groups -OCH3 is 1. The van der Waals surface area contributed by atoms with Gasteiger partial charge in [-0.3, -0.25) is 9.59 Å². The largest absolute Gasteiger partial charge is 0.497 e. The summed E-state index contributed by atoms with van der Waals surface area (Å²) in [4.78, 5) is 24.0. The number of ether oxygens (including phenoxy) is 1. The first kappa shape index (κ1) is 17.5. The molecule has 0 aliphatic rings. The summed E-state index contributed by atoms with van der Waals surface area (Å²) in [5, 5.41) is 7.09. The molecule has 0 spiro atoms. The maximum absolute atomic E-state index is 12.0. The van der Waals surface area contributed by atoms with Crippen LogP contribution < -0.4 is 15.6 Å². The lowest BCUT2D eigenvalue weighted by molar-refractivity contribution is -0.121. The molecule has 0 unspecified atom stereocenters. The third-order valence-electron chi connectivity index (χ3n) is 3.82. The summed E-state index contributed by atoms with van der Waals surface area (Å²) in [5.41, 5.74) is 1.22. The monoisotopic (exact) mass is 353 g/mol. The summed E-state index contributed by atoms with van der Waals surface area (Å²) < 4.78 is 11.7. The fourth-order valence-corrected chi connectivity index (χ4v) is 2.44. The average Bonchev–Trinajstić information content (AvgIpc) is 3.19. The number of carbonyl (C=O) groups excluding carboxylic acids is 1. The van der Waals surface area contributed by atoms with Gasteiger partial charge in [0.2, 0.25) is 5.91 Å². The minimum Gasteiger partial charge on any atom is -0.497 e. The summed E-state index contributed by atoms with van der Waals surface area (Å²) in [6.07, 6.45) is 1.70. The van der Waals surface area contributed by atoms with Crippen LogP contribution in [0.25, 0.3) is 11.3 Å². The molecule has 2 aromatic heterocycles. The van der Waals surface area contributed by atoms with Crippen LogP contribution >= 0.6 is 0 Å². The van der Waals surface area contributed by atoms with Gasteiger partial charge in [-0.05, 0) is 30.3 Å².